The van der Waals surface area contributed by atoms with Crippen molar-refractivity contribution in [3.8, 4) is 11.8 Å². The molecule has 3 rings (SSSR count). The molecule has 3 aromatic rings. The number of nitriles is 1. The van der Waals surface area contributed by atoms with Crippen LogP contribution in [0, 0.1) is 11.3 Å². The maximum absolute atomic E-state index is 12.2. The number of carbonyl (C=O) groups is 2. The van der Waals surface area contributed by atoms with Crippen molar-refractivity contribution in [1.82, 2.24) is 0 Å². The van der Waals surface area contributed by atoms with Crippen molar-refractivity contribution in [3.05, 3.63) is 83.8 Å². The van der Waals surface area contributed by atoms with Crippen molar-refractivity contribution in [3.63, 3.8) is 0 Å². The van der Waals surface area contributed by atoms with E-state index in [4.69, 9.17) is 19.2 Å². The summed E-state index contributed by atoms with van der Waals surface area (Å²) in [6.07, 6.45) is -1.05. The quantitative estimate of drug-likeness (QED) is 0.614. The molecular formula is C22H18N2O5. The van der Waals surface area contributed by atoms with Crippen molar-refractivity contribution in [2.45, 2.75) is 19.6 Å². The third-order valence-corrected chi connectivity index (χ3v) is 3.90. The molecule has 1 heterocycles. The molecule has 1 amide bonds. The van der Waals surface area contributed by atoms with Gasteiger partial charge in [-0.25, -0.2) is 4.79 Å². The number of ether oxygens (including phenoxy) is 2. The highest BCUT2D eigenvalue weighted by atomic mass is 16.6. The first-order chi connectivity index (χ1) is 14.0. The first kappa shape index (κ1) is 19.7. The molecule has 2 aromatic carbocycles. The van der Waals surface area contributed by atoms with Gasteiger partial charge in [-0.05, 0) is 49.4 Å². The Balaban J connectivity index is 1.53. The highest BCUT2D eigenvalue weighted by Crippen LogP contribution is 2.16. The van der Waals surface area contributed by atoms with Crippen molar-refractivity contribution in [1.29, 1.82) is 5.26 Å². The topological polar surface area (TPSA) is 102 Å². The minimum atomic E-state index is -1.05. The first-order valence-electron chi connectivity index (χ1n) is 8.84. The normalized spacial score (nSPS) is 11.2. The Morgan fingerprint density at radius 3 is 2.66 bits per heavy atom. The molecular weight excluding hydrogens is 372 g/mol. The Morgan fingerprint density at radius 1 is 1.10 bits per heavy atom. The van der Waals surface area contributed by atoms with E-state index >= 15 is 0 Å². The third kappa shape index (κ3) is 5.47. The molecule has 0 aliphatic rings. The second kappa shape index (κ2) is 9.24. The van der Waals surface area contributed by atoms with E-state index in [1.54, 1.807) is 24.3 Å². The average molecular weight is 390 g/mol. The number of carbonyl (C=O) groups excluding carboxylic acids is 2. The largest absolute Gasteiger partial charge is 0.486 e. The summed E-state index contributed by atoms with van der Waals surface area (Å²) in [5, 5.41) is 11.5. The van der Waals surface area contributed by atoms with E-state index in [0.29, 0.717) is 22.8 Å². The predicted octanol–water partition coefficient (Wildman–Crippen LogP) is 3.91. The molecule has 29 heavy (non-hydrogen) atoms. The Labute approximate surface area is 167 Å². The lowest BCUT2D eigenvalue weighted by atomic mass is 10.2. The molecule has 0 aliphatic carbocycles. The Bertz CT molecular complexity index is 1040. The van der Waals surface area contributed by atoms with Crippen molar-refractivity contribution >= 4 is 17.6 Å². The Kier molecular flexibility index (Phi) is 6.28. The maximum atomic E-state index is 12.2. The lowest BCUT2D eigenvalue weighted by Gasteiger charge is -2.12. The second-order valence-corrected chi connectivity index (χ2v) is 6.10. The van der Waals surface area contributed by atoms with Crippen LogP contribution >= 0.6 is 0 Å². The molecule has 0 spiro atoms. The number of nitrogens with zero attached hydrogens (tertiary/aromatic N) is 1. The highest BCUT2D eigenvalue weighted by Gasteiger charge is 2.21. The fourth-order valence-electron chi connectivity index (χ4n) is 2.42. The van der Waals surface area contributed by atoms with E-state index in [-0.39, 0.29) is 12.4 Å². The molecule has 0 unspecified atom stereocenters. The van der Waals surface area contributed by atoms with Crippen LogP contribution in [0.5, 0.6) is 5.75 Å². The summed E-state index contributed by atoms with van der Waals surface area (Å²) < 4.78 is 16.1. The van der Waals surface area contributed by atoms with Gasteiger partial charge < -0.3 is 19.2 Å². The first-order valence-corrected chi connectivity index (χ1v) is 8.84. The number of hydrogen-bond acceptors (Lipinski definition) is 6. The standard InChI is InChI=1S/C22H18N2O5/c1-15(21(25)24-17-7-5-6-16(12-17)13-23)28-22(26)20-11-10-19(29-20)14-27-18-8-3-2-4-9-18/h2-12,15H,14H2,1H3,(H,24,25)/t15-/m0/s1. The molecule has 0 saturated heterocycles. The summed E-state index contributed by atoms with van der Waals surface area (Å²) in [5.41, 5.74) is 0.851. The van der Waals surface area contributed by atoms with Crippen molar-refractivity contribution < 1.29 is 23.5 Å². The van der Waals surface area contributed by atoms with Crippen LogP contribution in [-0.2, 0) is 16.1 Å². The Hall–Kier alpha value is -4.05. The smallest absolute Gasteiger partial charge is 0.375 e. The van der Waals surface area contributed by atoms with Crippen LogP contribution in [-0.4, -0.2) is 18.0 Å². The average Bonchev–Trinajstić information content (AvgIpc) is 3.22. The van der Waals surface area contributed by atoms with E-state index in [9.17, 15) is 9.59 Å². The van der Waals surface area contributed by atoms with Gasteiger partial charge in [0.05, 0.1) is 11.6 Å². The molecule has 7 nitrogen and oxygen atoms in total. The van der Waals surface area contributed by atoms with Crippen LogP contribution in [0.15, 0.2) is 71.1 Å². The number of esters is 1. The van der Waals surface area contributed by atoms with Gasteiger partial charge in [0.25, 0.3) is 5.91 Å². The summed E-state index contributed by atoms with van der Waals surface area (Å²) in [6.45, 7) is 1.60. The molecule has 0 bridgehead atoms. The minimum Gasteiger partial charge on any atom is -0.486 e. The fourth-order valence-corrected chi connectivity index (χ4v) is 2.42. The summed E-state index contributed by atoms with van der Waals surface area (Å²) in [6, 6.07) is 20.7. The van der Waals surface area contributed by atoms with Crippen molar-refractivity contribution in [2.24, 2.45) is 0 Å². The number of hydrogen-bond donors (Lipinski definition) is 1. The molecule has 146 valence electrons. The molecule has 0 saturated carbocycles. The monoisotopic (exact) mass is 390 g/mol. The summed E-state index contributed by atoms with van der Waals surface area (Å²) in [4.78, 5) is 24.4. The van der Waals surface area contributed by atoms with Gasteiger partial charge in [0.2, 0.25) is 5.76 Å². The van der Waals surface area contributed by atoms with Gasteiger partial charge >= 0.3 is 5.97 Å². The molecule has 1 N–H and O–H groups in total. The zero-order chi connectivity index (χ0) is 20.6. The molecule has 1 aromatic heterocycles. The van der Waals surface area contributed by atoms with Gasteiger partial charge in [0.1, 0.15) is 18.1 Å². The summed E-state index contributed by atoms with van der Waals surface area (Å²) >= 11 is 0. The van der Waals surface area contributed by atoms with Crippen LogP contribution in [0.4, 0.5) is 5.69 Å². The number of rotatable bonds is 7. The van der Waals surface area contributed by atoms with Crippen LogP contribution in [0.3, 0.4) is 0 Å². The van der Waals surface area contributed by atoms with E-state index in [0.717, 1.165) is 0 Å². The zero-order valence-corrected chi connectivity index (χ0v) is 15.6. The van der Waals surface area contributed by atoms with Gasteiger partial charge in [-0.2, -0.15) is 5.26 Å². The summed E-state index contributed by atoms with van der Waals surface area (Å²) in [5.74, 6) is -0.176. The van der Waals surface area contributed by atoms with Crippen LogP contribution < -0.4 is 10.1 Å². The van der Waals surface area contributed by atoms with E-state index in [1.165, 1.54) is 19.1 Å². The van der Waals surface area contributed by atoms with Gasteiger partial charge in [0.15, 0.2) is 6.10 Å². The maximum Gasteiger partial charge on any atom is 0.375 e. The molecule has 0 fully saturated rings. The fraction of sp³-hybridized carbons (Fsp3) is 0.136. The molecule has 0 radical (unpaired) electrons. The number of amides is 1. The SMILES string of the molecule is C[C@H](OC(=O)c1ccc(COc2ccccc2)o1)C(=O)Nc1cccc(C#N)c1. The summed E-state index contributed by atoms with van der Waals surface area (Å²) in [7, 11) is 0. The van der Waals surface area contributed by atoms with Crippen LogP contribution in [0.2, 0.25) is 0 Å². The Morgan fingerprint density at radius 2 is 1.90 bits per heavy atom. The molecule has 1 atom stereocenters. The number of para-hydroxylation sites is 1. The number of anilines is 1. The van der Waals surface area contributed by atoms with E-state index < -0.39 is 18.0 Å². The van der Waals surface area contributed by atoms with Gasteiger partial charge in [0, 0.05) is 5.69 Å². The van der Waals surface area contributed by atoms with E-state index in [1.807, 2.05) is 36.4 Å². The van der Waals surface area contributed by atoms with Gasteiger partial charge in [-0.3, -0.25) is 4.79 Å². The van der Waals surface area contributed by atoms with Gasteiger partial charge in [-0.15, -0.1) is 0 Å². The van der Waals surface area contributed by atoms with Crippen LogP contribution in [0.25, 0.3) is 0 Å². The third-order valence-electron chi connectivity index (χ3n) is 3.90. The minimum absolute atomic E-state index is 0.0252. The van der Waals surface area contributed by atoms with E-state index in [2.05, 4.69) is 5.32 Å². The number of benzene rings is 2. The lowest BCUT2D eigenvalue weighted by molar-refractivity contribution is -0.123. The lowest BCUT2D eigenvalue weighted by Crippen LogP contribution is -2.29. The predicted molar refractivity (Wildman–Crippen MR) is 104 cm³/mol. The molecule has 0 aliphatic heterocycles. The highest BCUT2D eigenvalue weighted by molar-refractivity contribution is 5.96. The second-order valence-electron chi connectivity index (χ2n) is 6.10. The van der Waals surface area contributed by atoms with Gasteiger partial charge in [-0.1, -0.05) is 24.3 Å². The molecule has 7 heteroatoms. The number of furan rings is 1. The van der Waals surface area contributed by atoms with Crippen LogP contribution in [0.1, 0.15) is 28.8 Å². The number of nitrogens with one attached hydrogen (secondary N) is 1. The van der Waals surface area contributed by atoms with Crippen molar-refractivity contribution in [2.75, 3.05) is 5.32 Å². The zero-order valence-electron chi connectivity index (χ0n) is 15.6.